The number of nitrogens with two attached hydrogens (primary N) is 1. The van der Waals surface area contributed by atoms with E-state index in [0.717, 1.165) is 11.1 Å². The smallest absolute Gasteiger partial charge is 0.272 e. The maximum Gasteiger partial charge on any atom is 0.272 e. The fourth-order valence-corrected chi connectivity index (χ4v) is 10.9. The van der Waals surface area contributed by atoms with Crippen molar-refractivity contribution in [3.05, 3.63) is 83.7 Å². The molecule has 0 spiro atoms. The minimum absolute atomic E-state index is 0.0556. The summed E-state index contributed by atoms with van der Waals surface area (Å²) in [6.07, 6.45) is 4.11. The number of likely N-dealkylation sites (tertiary alicyclic amines) is 1. The van der Waals surface area contributed by atoms with Gasteiger partial charge in [-0.1, -0.05) is 122 Å². The molecular formula is C58H83N11O10. The molecule has 0 radical (unpaired) electrons. The zero-order chi connectivity index (χ0) is 57.7. The van der Waals surface area contributed by atoms with Gasteiger partial charge in [0.2, 0.25) is 53.2 Å². The molecule has 2 aromatic carbocycles. The lowest BCUT2D eigenvalue weighted by atomic mass is 9.97. The summed E-state index contributed by atoms with van der Waals surface area (Å²) in [5.41, 5.74) is 6.85. The molecule has 0 aromatic heterocycles. The Labute approximate surface area is 464 Å². The van der Waals surface area contributed by atoms with Crippen LogP contribution in [0.25, 0.3) is 0 Å². The lowest BCUT2D eigenvalue weighted by Gasteiger charge is -2.33. The molecule has 2 aromatic rings. The van der Waals surface area contributed by atoms with Crippen LogP contribution in [-0.4, -0.2) is 148 Å². The Morgan fingerprint density at radius 2 is 1.22 bits per heavy atom. The maximum absolute atomic E-state index is 15.1. The van der Waals surface area contributed by atoms with Crippen molar-refractivity contribution in [3.63, 3.8) is 0 Å². The normalized spacial score (nSPS) is 23.9. The first-order valence-corrected chi connectivity index (χ1v) is 28.2. The summed E-state index contributed by atoms with van der Waals surface area (Å²) in [7, 11) is 0. The second-order valence-electron chi connectivity index (χ2n) is 22.7. The van der Waals surface area contributed by atoms with Crippen LogP contribution in [0.4, 0.5) is 0 Å². The Morgan fingerprint density at radius 1 is 0.646 bits per heavy atom. The number of rotatable bonds is 18. The minimum atomic E-state index is -1.18. The summed E-state index contributed by atoms with van der Waals surface area (Å²) in [4.78, 5) is 147. The molecular weight excluding hydrogens is 1010 g/mol. The molecule has 21 nitrogen and oxygen atoms in total. The quantitative estimate of drug-likeness (QED) is 0.106. The number of amides is 10. The van der Waals surface area contributed by atoms with Crippen LogP contribution in [0.15, 0.2) is 72.6 Å². The van der Waals surface area contributed by atoms with Crippen molar-refractivity contribution in [2.45, 2.75) is 174 Å². The third-order valence-electron chi connectivity index (χ3n) is 15.5. The number of primary amides is 1. The molecule has 21 heteroatoms. The summed E-state index contributed by atoms with van der Waals surface area (Å²) in [5, 5.41) is 20.1. The third kappa shape index (κ3) is 15.7. The molecule has 430 valence electrons. The van der Waals surface area contributed by atoms with Gasteiger partial charge in [0.05, 0.1) is 0 Å². The highest BCUT2D eigenvalue weighted by atomic mass is 16.2. The predicted octanol–water partition coefficient (Wildman–Crippen LogP) is 1.69. The van der Waals surface area contributed by atoms with Gasteiger partial charge in [0, 0.05) is 38.7 Å². The Kier molecular flexibility index (Phi) is 21.6. The predicted molar refractivity (Wildman–Crippen MR) is 295 cm³/mol. The number of carbonyl (C=O) groups is 10. The lowest BCUT2D eigenvalue weighted by molar-refractivity contribution is -0.143. The molecule has 9 N–H and O–H groups in total. The molecule has 3 saturated heterocycles. The monoisotopic (exact) mass is 1090 g/mol. The fourth-order valence-electron chi connectivity index (χ4n) is 10.9. The molecule has 0 saturated carbocycles. The van der Waals surface area contributed by atoms with Gasteiger partial charge >= 0.3 is 0 Å². The maximum atomic E-state index is 15.1. The molecule has 6 rings (SSSR count). The van der Waals surface area contributed by atoms with Gasteiger partial charge in [-0.25, -0.2) is 0 Å². The molecule has 4 aliphatic heterocycles. The zero-order valence-electron chi connectivity index (χ0n) is 47.1. The van der Waals surface area contributed by atoms with Gasteiger partial charge in [-0.2, -0.15) is 0 Å². The summed E-state index contributed by atoms with van der Waals surface area (Å²) in [6, 6.07) is 8.32. The molecule has 4 heterocycles. The van der Waals surface area contributed by atoms with E-state index in [9.17, 15) is 43.2 Å². The van der Waals surface area contributed by atoms with Crippen molar-refractivity contribution in [1.82, 2.24) is 51.9 Å². The van der Waals surface area contributed by atoms with Crippen LogP contribution in [-0.2, 0) is 60.8 Å². The first kappa shape index (κ1) is 60.9. The summed E-state index contributed by atoms with van der Waals surface area (Å²) >= 11 is 0. The van der Waals surface area contributed by atoms with Gasteiger partial charge < -0.3 is 57.7 Å². The number of fused-ring (bicyclic) bond motifs is 2. The van der Waals surface area contributed by atoms with Crippen molar-refractivity contribution in [2.24, 2.45) is 29.4 Å². The molecule has 10 amide bonds. The average Bonchev–Trinajstić information content (AvgIpc) is 4.25. The van der Waals surface area contributed by atoms with Crippen molar-refractivity contribution >= 4 is 59.1 Å². The second kappa shape index (κ2) is 28.0. The number of hydrogen-bond acceptors (Lipinski definition) is 11. The number of benzene rings is 2. The van der Waals surface area contributed by atoms with E-state index < -0.39 is 125 Å². The van der Waals surface area contributed by atoms with E-state index in [4.69, 9.17) is 5.73 Å². The van der Waals surface area contributed by atoms with Crippen molar-refractivity contribution in [2.75, 3.05) is 19.6 Å². The fraction of sp³-hybridized carbons (Fsp3) is 0.586. The standard InChI is InChI=1S/C58H83N11O10/c1-9-36(8)48(49(59)70)66-51(72)40(30-37-19-12-10-13-20-37)61-50(71)39(29-33(2)3)62-52(73)43-23-17-27-68(43)57(78)42-32-60-47(35(6)7)58(79)69-28-18-25-45(69)54(75)65-46(34(4)5)55(76)63-41(31-38-21-14-11-15-22-38)56(77)67-26-16-24-44(67)53(74)64-42/h10-15,19-22,32-36,39-41,43-48,60H,9,16-18,23-31H2,1-8H3,(H2,59,70)(H,61,71)(H,62,73)(H,63,76)(H,64,74)(H,65,75)(H,66,72)/t36-,39-,40-,41-,43-,44-,45-,46-,47-,48-/m0/s1. The second-order valence-corrected chi connectivity index (χ2v) is 22.7. The molecule has 0 unspecified atom stereocenters. The van der Waals surface area contributed by atoms with E-state index in [1.165, 1.54) is 20.9 Å². The van der Waals surface area contributed by atoms with Crippen LogP contribution >= 0.6 is 0 Å². The Bertz CT molecular complexity index is 2560. The van der Waals surface area contributed by atoms with Crippen LogP contribution in [0.2, 0.25) is 0 Å². The van der Waals surface area contributed by atoms with E-state index in [-0.39, 0.29) is 69.3 Å². The van der Waals surface area contributed by atoms with Crippen LogP contribution in [0.1, 0.15) is 118 Å². The lowest BCUT2D eigenvalue weighted by Crippen LogP contribution is -2.60. The topological polar surface area (TPSA) is 291 Å². The third-order valence-corrected chi connectivity index (χ3v) is 15.5. The number of nitrogens with zero attached hydrogens (tertiary/aromatic N) is 3. The Balaban J connectivity index is 1.31. The zero-order valence-corrected chi connectivity index (χ0v) is 47.1. The van der Waals surface area contributed by atoms with E-state index >= 15 is 4.79 Å². The minimum Gasteiger partial charge on any atom is -0.378 e. The van der Waals surface area contributed by atoms with Gasteiger partial charge in [-0.3, -0.25) is 47.9 Å². The van der Waals surface area contributed by atoms with Gasteiger partial charge in [-0.05, 0) is 79.7 Å². The molecule has 0 bridgehead atoms. The molecule has 10 atom stereocenters. The molecule has 4 aliphatic rings. The van der Waals surface area contributed by atoms with E-state index in [1.807, 2.05) is 57.2 Å². The number of carbonyl (C=O) groups excluding carboxylic acids is 10. The SMILES string of the molecule is CC[C@H](C)[C@H](NC(=O)[C@H](Cc1ccccc1)NC(=O)[C@H](CC(C)C)NC(=O)[C@@H]1CCCN1C(=O)C1=CN[C@@H](C(C)C)C(=O)N2CCC[C@H]2C(=O)N[C@@H](C(C)C)C(=O)N[C@@H](Cc2ccccc2)C(=O)N2CCC[C@H]2C(=O)N1)C(N)=O. The van der Waals surface area contributed by atoms with Gasteiger partial charge in [-0.15, -0.1) is 0 Å². The molecule has 79 heavy (non-hydrogen) atoms. The van der Waals surface area contributed by atoms with E-state index in [2.05, 4.69) is 37.2 Å². The van der Waals surface area contributed by atoms with Crippen LogP contribution in [0, 0.1) is 23.7 Å². The van der Waals surface area contributed by atoms with Crippen LogP contribution < -0.4 is 43.0 Å². The number of nitrogens with one attached hydrogen (secondary N) is 7. The Morgan fingerprint density at radius 3 is 1.80 bits per heavy atom. The highest BCUT2D eigenvalue weighted by Crippen LogP contribution is 2.26. The van der Waals surface area contributed by atoms with Gasteiger partial charge in [0.25, 0.3) is 5.91 Å². The first-order chi connectivity index (χ1) is 37.6. The first-order valence-electron chi connectivity index (χ1n) is 28.2. The van der Waals surface area contributed by atoms with Gasteiger partial charge in [0.15, 0.2) is 0 Å². The van der Waals surface area contributed by atoms with Gasteiger partial charge in [0.1, 0.15) is 60.1 Å². The molecule has 0 aliphatic carbocycles. The largest absolute Gasteiger partial charge is 0.378 e. The van der Waals surface area contributed by atoms with Crippen LogP contribution in [0.3, 0.4) is 0 Å². The summed E-state index contributed by atoms with van der Waals surface area (Å²) < 4.78 is 0. The number of hydrogen-bond donors (Lipinski definition) is 8. The average molecular weight is 1090 g/mol. The molecule has 3 fully saturated rings. The van der Waals surface area contributed by atoms with E-state index in [1.54, 1.807) is 58.9 Å². The van der Waals surface area contributed by atoms with Crippen LogP contribution in [0.5, 0.6) is 0 Å². The Hall–Kier alpha value is -7.32. The van der Waals surface area contributed by atoms with Crippen molar-refractivity contribution < 1.29 is 47.9 Å². The highest BCUT2D eigenvalue weighted by molar-refractivity contribution is 6.03. The van der Waals surface area contributed by atoms with Crippen molar-refractivity contribution in [3.8, 4) is 0 Å². The summed E-state index contributed by atoms with van der Waals surface area (Å²) in [5.74, 6) is -7.51. The summed E-state index contributed by atoms with van der Waals surface area (Å²) in [6.45, 7) is 15.0. The van der Waals surface area contributed by atoms with Crippen molar-refractivity contribution in [1.29, 1.82) is 0 Å². The highest BCUT2D eigenvalue weighted by Gasteiger charge is 2.44. The van der Waals surface area contributed by atoms with E-state index in [0.29, 0.717) is 32.1 Å².